The van der Waals surface area contributed by atoms with Crippen LogP contribution in [-0.4, -0.2) is 53.3 Å². The Balaban J connectivity index is 1.32. The maximum atomic E-state index is 13.2. The van der Waals surface area contributed by atoms with Crippen LogP contribution in [0.5, 0.6) is 5.75 Å². The van der Waals surface area contributed by atoms with Gasteiger partial charge in [0, 0.05) is 55.7 Å². The van der Waals surface area contributed by atoms with Gasteiger partial charge in [0.1, 0.15) is 17.0 Å². The molecule has 8 nitrogen and oxygen atoms in total. The second kappa shape index (κ2) is 8.58. The summed E-state index contributed by atoms with van der Waals surface area (Å²) in [6.45, 7) is 4.27. The lowest BCUT2D eigenvalue weighted by Gasteiger charge is -2.44. The normalized spacial score (nSPS) is 19.2. The molecule has 3 aliphatic heterocycles. The average molecular weight is 484 g/mol. The molecule has 5 rings (SSSR count). The third kappa shape index (κ3) is 4.00. The van der Waals surface area contributed by atoms with Crippen LogP contribution in [0, 0.1) is 17.0 Å². The fourth-order valence-electron chi connectivity index (χ4n) is 5.32. The van der Waals surface area contributed by atoms with Crippen molar-refractivity contribution in [2.45, 2.75) is 44.6 Å². The summed E-state index contributed by atoms with van der Waals surface area (Å²) in [5.41, 5.74) is 1.53. The number of carbonyl (C=O) groups is 2. The first-order valence-electron chi connectivity index (χ1n) is 11.6. The van der Waals surface area contributed by atoms with Gasteiger partial charge in [-0.3, -0.25) is 19.7 Å². The molecule has 3 aliphatic rings. The number of anilines is 1. The number of nitro benzene ring substituents is 1. The van der Waals surface area contributed by atoms with E-state index >= 15 is 0 Å². The zero-order valence-electron chi connectivity index (χ0n) is 19.0. The topological polar surface area (TPSA) is 93.0 Å². The van der Waals surface area contributed by atoms with Crippen molar-refractivity contribution in [3.05, 3.63) is 62.2 Å². The van der Waals surface area contributed by atoms with Gasteiger partial charge in [0.2, 0.25) is 0 Å². The summed E-state index contributed by atoms with van der Waals surface area (Å²) in [7, 11) is 0. The molecule has 1 spiro atoms. The molecular formula is C25H26ClN3O5. The summed E-state index contributed by atoms with van der Waals surface area (Å²) in [4.78, 5) is 41.0. The van der Waals surface area contributed by atoms with Gasteiger partial charge >= 0.3 is 0 Å². The average Bonchev–Trinajstić information content (AvgIpc) is 3.35. The summed E-state index contributed by atoms with van der Waals surface area (Å²) in [5, 5.41) is 12.2. The summed E-state index contributed by atoms with van der Waals surface area (Å²) in [6, 6.07) is 8.19. The lowest BCUT2D eigenvalue weighted by Crippen LogP contribution is -2.52. The molecule has 2 aromatic rings. The van der Waals surface area contributed by atoms with E-state index in [4.69, 9.17) is 16.3 Å². The molecule has 0 bridgehead atoms. The third-order valence-corrected chi connectivity index (χ3v) is 7.39. The third-order valence-electron chi connectivity index (χ3n) is 7.17. The Morgan fingerprint density at radius 1 is 1.12 bits per heavy atom. The molecule has 0 saturated carbocycles. The molecule has 0 N–H and O–H groups in total. The molecule has 9 heteroatoms. The predicted molar refractivity (Wildman–Crippen MR) is 128 cm³/mol. The molecule has 34 heavy (non-hydrogen) atoms. The number of aryl methyl sites for hydroxylation is 1. The molecule has 0 radical (unpaired) electrons. The number of nitro groups is 1. The monoisotopic (exact) mass is 483 g/mol. The highest BCUT2D eigenvalue weighted by Crippen LogP contribution is 2.42. The number of ketones is 1. The minimum atomic E-state index is -0.648. The van der Waals surface area contributed by atoms with Crippen molar-refractivity contribution in [2.24, 2.45) is 0 Å². The Labute approximate surface area is 202 Å². The number of halogens is 1. The molecule has 1 amide bonds. The standard InChI is InChI=1S/C25H26ClN3O5/c1-16-12-18(26)14-19-22(30)15-25(34-23(16)19)6-10-28(11-7-25)24(31)17-4-5-20(21(13-17)29(32)33)27-8-2-3-9-27/h4-5,12-14H,2-3,6-11,15H2,1H3. The van der Waals surface area contributed by atoms with E-state index in [0.717, 1.165) is 31.5 Å². The second-order valence-corrected chi connectivity index (χ2v) is 9.87. The number of benzene rings is 2. The number of fused-ring (bicyclic) bond motifs is 1. The lowest BCUT2D eigenvalue weighted by molar-refractivity contribution is -0.384. The maximum Gasteiger partial charge on any atom is 0.293 e. The highest BCUT2D eigenvalue weighted by Gasteiger charge is 2.44. The highest BCUT2D eigenvalue weighted by molar-refractivity contribution is 6.31. The SMILES string of the molecule is Cc1cc(Cl)cc2c1OC1(CCN(C(=O)c3ccc(N4CCCC4)c([N+](=O)[O-])c3)CC1)CC2=O. The zero-order chi connectivity index (χ0) is 24.0. The minimum Gasteiger partial charge on any atom is -0.486 e. The number of likely N-dealkylation sites (tertiary alicyclic amines) is 1. The van der Waals surface area contributed by atoms with Gasteiger partial charge in [-0.25, -0.2) is 0 Å². The number of hydrogen-bond donors (Lipinski definition) is 0. The molecule has 2 saturated heterocycles. The Morgan fingerprint density at radius 3 is 2.50 bits per heavy atom. The van der Waals surface area contributed by atoms with Gasteiger partial charge in [0.15, 0.2) is 5.78 Å². The maximum absolute atomic E-state index is 13.2. The van der Waals surface area contributed by atoms with Gasteiger partial charge in [-0.05, 0) is 49.6 Å². The first-order chi connectivity index (χ1) is 16.3. The van der Waals surface area contributed by atoms with Crippen LogP contribution in [0.15, 0.2) is 30.3 Å². The van der Waals surface area contributed by atoms with Crippen LogP contribution in [0.1, 0.15) is 58.4 Å². The van der Waals surface area contributed by atoms with Crippen LogP contribution >= 0.6 is 11.6 Å². The largest absolute Gasteiger partial charge is 0.486 e. The number of Topliss-reactive ketones (excluding diaryl/α,β-unsaturated/α-hetero) is 1. The summed E-state index contributed by atoms with van der Waals surface area (Å²) < 4.78 is 6.36. The van der Waals surface area contributed by atoms with Crippen molar-refractivity contribution in [3.8, 4) is 5.75 Å². The first kappa shape index (κ1) is 22.7. The van der Waals surface area contributed by atoms with Crippen molar-refractivity contribution in [3.63, 3.8) is 0 Å². The summed E-state index contributed by atoms with van der Waals surface area (Å²) in [6.07, 6.45) is 3.29. The Bertz CT molecular complexity index is 1180. The van der Waals surface area contributed by atoms with Crippen LogP contribution in [-0.2, 0) is 0 Å². The predicted octanol–water partition coefficient (Wildman–Crippen LogP) is 4.80. The van der Waals surface area contributed by atoms with Gasteiger partial charge in [-0.1, -0.05) is 11.6 Å². The van der Waals surface area contributed by atoms with E-state index in [1.165, 1.54) is 6.07 Å². The second-order valence-electron chi connectivity index (χ2n) is 9.43. The Kier molecular flexibility index (Phi) is 5.72. The summed E-state index contributed by atoms with van der Waals surface area (Å²) in [5.74, 6) is 0.338. The van der Waals surface area contributed by atoms with Crippen LogP contribution < -0.4 is 9.64 Å². The van der Waals surface area contributed by atoms with Gasteiger partial charge in [0.05, 0.1) is 16.9 Å². The van der Waals surface area contributed by atoms with Crippen molar-refractivity contribution < 1.29 is 19.2 Å². The molecule has 3 heterocycles. The Hall–Kier alpha value is -3.13. The van der Waals surface area contributed by atoms with Gasteiger partial charge < -0.3 is 14.5 Å². The molecule has 178 valence electrons. The Morgan fingerprint density at radius 2 is 1.82 bits per heavy atom. The van der Waals surface area contributed by atoms with E-state index < -0.39 is 10.5 Å². The van der Waals surface area contributed by atoms with Gasteiger partial charge in [-0.15, -0.1) is 0 Å². The smallest absolute Gasteiger partial charge is 0.293 e. The molecule has 0 unspecified atom stereocenters. The van der Waals surface area contributed by atoms with Gasteiger partial charge in [-0.2, -0.15) is 0 Å². The summed E-state index contributed by atoms with van der Waals surface area (Å²) >= 11 is 6.12. The molecule has 2 aromatic carbocycles. The molecule has 0 aromatic heterocycles. The quantitative estimate of drug-likeness (QED) is 0.460. The van der Waals surface area contributed by atoms with Crippen molar-refractivity contribution in [1.29, 1.82) is 0 Å². The van der Waals surface area contributed by atoms with Crippen molar-refractivity contribution in [1.82, 2.24) is 4.90 Å². The minimum absolute atomic E-state index is 0.000229. The van der Waals surface area contributed by atoms with E-state index in [9.17, 15) is 19.7 Å². The fraction of sp³-hybridized carbons (Fsp3) is 0.440. The number of piperidine rings is 1. The number of carbonyl (C=O) groups excluding carboxylic acids is 2. The number of ether oxygens (including phenoxy) is 1. The van der Waals surface area contributed by atoms with Crippen LogP contribution in [0.4, 0.5) is 11.4 Å². The van der Waals surface area contributed by atoms with Crippen molar-refractivity contribution >= 4 is 34.7 Å². The van der Waals surface area contributed by atoms with Crippen LogP contribution in [0.25, 0.3) is 0 Å². The number of rotatable bonds is 3. The number of hydrogen-bond acceptors (Lipinski definition) is 6. The molecule has 0 aliphatic carbocycles. The van der Waals surface area contributed by atoms with E-state index in [1.54, 1.807) is 29.2 Å². The zero-order valence-corrected chi connectivity index (χ0v) is 19.8. The number of nitrogens with zero attached hydrogens (tertiary/aromatic N) is 3. The van der Waals surface area contributed by atoms with E-state index in [2.05, 4.69) is 0 Å². The van der Waals surface area contributed by atoms with E-state index in [-0.39, 0.29) is 23.8 Å². The lowest BCUT2D eigenvalue weighted by atomic mass is 9.82. The molecular weight excluding hydrogens is 458 g/mol. The van der Waals surface area contributed by atoms with E-state index in [0.29, 0.717) is 53.5 Å². The number of amides is 1. The van der Waals surface area contributed by atoms with Gasteiger partial charge in [0.25, 0.3) is 11.6 Å². The van der Waals surface area contributed by atoms with E-state index in [1.807, 2.05) is 11.8 Å². The fourth-order valence-corrected chi connectivity index (χ4v) is 5.59. The first-order valence-corrected chi connectivity index (χ1v) is 12.0. The van der Waals surface area contributed by atoms with Crippen LogP contribution in [0.2, 0.25) is 5.02 Å². The molecule has 0 atom stereocenters. The van der Waals surface area contributed by atoms with Crippen LogP contribution in [0.3, 0.4) is 0 Å². The highest BCUT2D eigenvalue weighted by atomic mass is 35.5. The van der Waals surface area contributed by atoms with Crippen molar-refractivity contribution in [2.75, 3.05) is 31.1 Å². The molecule has 2 fully saturated rings.